The van der Waals surface area contributed by atoms with Crippen molar-refractivity contribution in [3.05, 3.63) is 22.3 Å². The van der Waals surface area contributed by atoms with Crippen molar-refractivity contribution in [1.29, 1.82) is 0 Å². The van der Waals surface area contributed by atoms with Gasteiger partial charge in [0.1, 0.15) is 0 Å². The zero-order valence-electron chi connectivity index (χ0n) is 11.5. The molecule has 97 valence electrons. The molecule has 17 heavy (non-hydrogen) atoms. The van der Waals surface area contributed by atoms with Gasteiger partial charge >= 0.3 is 109 Å². The van der Waals surface area contributed by atoms with Crippen molar-refractivity contribution in [2.45, 2.75) is 56.8 Å². The molecule has 1 rings (SSSR count). The molecule has 0 fully saturated rings. The summed E-state index contributed by atoms with van der Waals surface area (Å²) < 4.78 is 0.266. The van der Waals surface area contributed by atoms with Crippen LogP contribution in [0, 0.1) is 0 Å². The zero-order chi connectivity index (χ0) is 12.0. The Labute approximate surface area is 133 Å². The summed E-state index contributed by atoms with van der Waals surface area (Å²) in [5, 5.41) is 0.304. The fourth-order valence-corrected chi connectivity index (χ4v) is 3.18. The Bertz CT molecular complexity index is 349. The van der Waals surface area contributed by atoms with Crippen LogP contribution in [0.2, 0.25) is 3.72 Å². The number of halogens is 2. The molecule has 0 amide bonds. The van der Waals surface area contributed by atoms with E-state index in [1.807, 2.05) is 0 Å². The first kappa shape index (κ1) is 20.5. The Morgan fingerprint density at radius 1 is 1.12 bits per heavy atom. The predicted octanol–water partition coefficient (Wildman–Crippen LogP) is -1.57. The Hall–Kier alpha value is 1.20. The molecule has 0 aliphatic heterocycles. The van der Waals surface area contributed by atoms with Crippen LogP contribution in [-0.2, 0) is 20.4 Å². The minimum Gasteiger partial charge on any atom is -1.00 e. The van der Waals surface area contributed by atoms with E-state index in [9.17, 15) is 0 Å². The summed E-state index contributed by atoms with van der Waals surface area (Å²) in [6.07, 6.45) is 1.17. The molecule has 0 aromatic heterocycles. The van der Waals surface area contributed by atoms with Crippen LogP contribution in [0.5, 0.6) is 0 Å². The zero-order valence-corrected chi connectivity index (χ0v) is 15.8. The standard InChI is InChI=1S/C13H22P.2ClH.Ti/c1-8-9(2)11(4)12(10(8)3)7-13(5,6)14;;;/h7,14H2,1-6H3;2*1H;/q;;;+2/p-2. The molecule has 0 radical (unpaired) electrons. The van der Waals surface area contributed by atoms with Crippen molar-refractivity contribution in [3.63, 3.8) is 0 Å². The van der Waals surface area contributed by atoms with Crippen LogP contribution in [-0.4, -0.2) is 5.16 Å². The molecular weight excluding hydrogens is 306 g/mol. The summed E-state index contributed by atoms with van der Waals surface area (Å²) in [4.78, 5) is 0. The van der Waals surface area contributed by atoms with E-state index in [-0.39, 0.29) is 28.5 Å². The van der Waals surface area contributed by atoms with Crippen LogP contribution < -0.4 is 24.8 Å². The molecule has 2 atom stereocenters. The third-order valence-corrected chi connectivity index (χ3v) is 4.82. The van der Waals surface area contributed by atoms with Gasteiger partial charge < -0.3 is 24.8 Å². The van der Waals surface area contributed by atoms with E-state index in [1.54, 1.807) is 11.1 Å². The topological polar surface area (TPSA) is 0 Å². The van der Waals surface area contributed by atoms with Gasteiger partial charge in [0.2, 0.25) is 0 Å². The third kappa shape index (κ3) is 4.36. The molecule has 1 aliphatic rings. The summed E-state index contributed by atoms with van der Waals surface area (Å²) in [5.74, 6) is 0. The third-order valence-electron chi connectivity index (χ3n) is 3.56. The van der Waals surface area contributed by atoms with Gasteiger partial charge in [-0.3, -0.25) is 0 Å². The van der Waals surface area contributed by atoms with Gasteiger partial charge in [0.25, 0.3) is 0 Å². The first-order valence-electron chi connectivity index (χ1n) is 5.50. The average molecular weight is 328 g/mol. The molecule has 0 aromatic rings. The first-order chi connectivity index (χ1) is 6.57. The summed E-state index contributed by atoms with van der Waals surface area (Å²) >= 11 is 2.36. The van der Waals surface area contributed by atoms with Gasteiger partial charge in [-0.2, -0.15) is 0 Å². The maximum absolute atomic E-state index is 2.96. The van der Waals surface area contributed by atoms with Crippen molar-refractivity contribution in [2.75, 3.05) is 0 Å². The van der Waals surface area contributed by atoms with E-state index in [1.165, 1.54) is 17.6 Å². The second-order valence-electron chi connectivity index (χ2n) is 5.64. The summed E-state index contributed by atoms with van der Waals surface area (Å²) in [7, 11) is 2.96. The van der Waals surface area contributed by atoms with Crippen LogP contribution in [0.25, 0.3) is 0 Å². The Balaban J connectivity index is 0. The quantitative estimate of drug-likeness (QED) is 0.425. The van der Waals surface area contributed by atoms with Crippen LogP contribution in [0.1, 0.15) is 48.0 Å². The van der Waals surface area contributed by atoms with Gasteiger partial charge in [-0.15, -0.1) is 0 Å². The van der Waals surface area contributed by atoms with E-state index in [2.05, 4.69) is 71.2 Å². The van der Waals surface area contributed by atoms with Crippen LogP contribution in [0.3, 0.4) is 0 Å². The maximum atomic E-state index is 2.96. The number of hydrogen-bond acceptors (Lipinski definition) is 0. The molecule has 0 nitrogen and oxygen atoms in total. The summed E-state index contributed by atoms with van der Waals surface area (Å²) in [6.45, 7) is 13.7. The Morgan fingerprint density at radius 2 is 1.53 bits per heavy atom. The van der Waals surface area contributed by atoms with Gasteiger partial charge in [0.15, 0.2) is 0 Å². The smallest absolute Gasteiger partial charge is 1.00 e. The largest absolute Gasteiger partial charge is 1.00 e. The van der Waals surface area contributed by atoms with Crippen LogP contribution >= 0.6 is 9.24 Å². The fourth-order valence-electron chi connectivity index (χ4n) is 2.25. The normalized spacial score (nSPS) is 24.8. The maximum Gasteiger partial charge on any atom is -1.00 e. The average Bonchev–Trinajstić information content (AvgIpc) is 2.18. The molecule has 0 heterocycles. The summed E-state index contributed by atoms with van der Waals surface area (Å²) in [5.41, 5.74) is 6.19. The molecule has 1 aliphatic carbocycles. The monoisotopic (exact) mass is 327 g/mol. The van der Waals surface area contributed by atoms with E-state index in [0.717, 1.165) is 0 Å². The second-order valence-corrected chi connectivity index (χ2v) is 8.77. The number of hydrogen-bond donors (Lipinski definition) is 0. The van der Waals surface area contributed by atoms with E-state index in [0.29, 0.717) is 5.16 Å². The van der Waals surface area contributed by atoms with Crippen molar-refractivity contribution in [1.82, 2.24) is 0 Å². The molecule has 4 heteroatoms. The van der Waals surface area contributed by atoms with Gasteiger partial charge in [0, 0.05) is 0 Å². The number of rotatable bonds is 2. The molecule has 0 N–H and O–H groups in total. The van der Waals surface area contributed by atoms with Crippen molar-refractivity contribution < 1.29 is 45.2 Å². The van der Waals surface area contributed by atoms with Crippen LogP contribution in [0.4, 0.5) is 0 Å². The van der Waals surface area contributed by atoms with Gasteiger partial charge in [-0.1, -0.05) is 0 Å². The molecule has 0 saturated carbocycles. The molecule has 0 saturated heterocycles. The molecule has 0 spiro atoms. The van der Waals surface area contributed by atoms with E-state index < -0.39 is 0 Å². The predicted molar refractivity (Wildman–Crippen MR) is 67.8 cm³/mol. The van der Waals surface area contributed by atoms with E-state index in [4.69, 9.17) is 0 Å². The van der Waals surface area contributed by atoms with Crippen molar-refractivity contribution in [3.8, 4) is 0 Å². The molecular formula is C13H22Cl2PTi. The van der Waals surface area contributed by atoms with Crippen molar-refractivity contribution in [2.24, 2.45) is 0 Å². The number of allylic oxidation sites excluding steroid dienone is 4. The first-order valence-corrected chi connectivity index (χ1v) is 6.85. The SMILES string of the molecule is CC1=C(C)[C](C)([Ti+2])C(CC(C)(C)P)=C1C.[Cl-].[Cl-]. The van der Waals surface area contributed by atoms with Gasteiger partial charge in [-0.25, -0.2) is 0 Å². The van der Waals surface area contributed by atoms with Crippen LogP contribution in [0.15, 0.2) is 22.3 Å². The molecule has 0 bridgehead atoms. The minimum atomic E-state index is 0. The Morgan fingerprint density at radius 3 is 1.76 bits per heavy atom. The molecule has 2 unspecified atom stereocenters. The van der Waals surface area contributed by atoms with E-state index >= 15 is 0 Å². The Kier molecular flexibility index (Phi) is 7.94. The molecule has 0 aromatic carbocycles. The van der Waals surface area contributed by atoms with Gasteiger partial charge in [-0.05, 0) is 0 Å². The summed E-state index contributed by atoms with van der Waals surface area (Å²) in [6, 6.07) is 0. The second kappa shape index (κ2) is 6.58. The minimum absolute atomic E-state index is 0. The fraction of sp³-hybridized carbons (Fsp3) is 0.692. The van der Waals surface area contributed by atoms with Gasteiger partial charge in [0.05, 0.1) is 0 Å². The van der Waals surface area contributed by atoms with Crippen molar-refractivity contribution >= 4 is 9.24 Å².